The Morgan fingerprint density at radius 3 is 2.58 bits per heavy atom. The molecule has 0 fully saturated rings. The van der Waals surface area contributed by atoms with Crippen LogP contribution in [0.4, 0.5) is 18.9 Å². The fourth-order valence-electron chi connectivity index (χ4n) is 1.98. The summed E-state index contributed by atoms with van der Waals surface area (Å²) in [6.07, 6.45) is -4.25. The third kappa shape index (κ3) is 3.14. The van der Waals surface area contributed by atoms with Crippen molar-refractivity contribution in [3.63, 3.8) is 0 Å². The topological polar surface area (TPSA) is 42.1 Å². The van der Waals surface area contributed by atoms with Gasteiger partial charge >= 0.3 is 6.18 Å². The molecule has 3 nitrogen and oxygen atoms in total. The van der Waals surface area contributed by atoms with Crippen LogP contribution in [0.1, 0.15) is 5.69 Å². The molecule has 2 aromatic rings. The van der Waals surface area contributed by atoms with Gasteiger partial charge in [-0.2, -0.15) is 13.2 Å². The Morgan fingerprint density at radius 2 is 1.95 bits per heavy atom. The lowest BCUT2D eigenvalue weighted by molar-refractivity contribution is -0.119. The Kier molecular flexibility index (Phi) is 3.61. The zero-order valence-electron chi connectivity index (χ0n) is 10.4. The fourth-order valence-corrected chi connectivity index (χ4v) is 1.98. The molecule has 102 valence electrons. The van der Waals surface area contributed by atoms with Gasteiger partial charge in [0, 0.05) is 24.7 Å². The Bertz CT molecular complexity index is 581. The highest BCUT2D eigenvalue weighted by Gasteiger charge is 2.30. The van der Waals surface area contributed by atoms with Crippen LogP contribution in [0.25, 0.3) is 10.9 Å². The second kappa shape index (κ2) is 5.05. The van der Waals surface area contributed by atoms with Crippen molar-refractivity contribution < 1.29 is 13.2 Å². The van der Waals surface area contributed by atoms with Gasteiger partial charge in [0.05, 0.1) is 11.2 Å². The fraction of sp³-hybridized carbons (Fsp3) is 0.308. The number of anilines is 1. The van der Waals surface area contributed by atoms with E-state index in [4.69, 9.17) is 5.73 Å². The Balaban J connectivity index is 2.51. The normalized spacial score (nSPS) is 11.8. The summed E-state index contributed by atoms with van der Waals surface area (Å²) in [7, 11) is 1.41. The number of hydrogen-bond donors (Lipinski definition) is 1. The first-order chi connectivity index (χ1) is 8.90. The molecule has 2 rings (SSSR count). The summed E-state index contributed by atoms with van der Waals surface area (Å²) in [6, 6.07) is 8.69. The van der Waals surface area contributed by atoms with Gasteiger partial charge in [0.25, 0.3) is 0 Å². The molecule has 1 heterocycles. The van der Waals surface area contributed by atoms with E-state index in [1.807, 2.05) is 0 Å². The van der Waals surface area contributed by atoms with E-state index in [9.17, 15) is 13.2 Å². The highest BCUT2D eigenvalue weighted by molar-refractivity contribution is 5.91. The first-order valence-corrected chi connectivity index (χ1v) is 5.77. The minimum atomic E-state index is -4.25. The molecule has 0 spiro atoms. The molecule has 0 saturated carbocycles. The molecule has 2 N–H and O–H groups in total. The lowest BCUT2D eigenvalue weighted by Crippen LogP contribution is -2.31. The summed E-state index contributed by atoms with van der Waals surface area (Å²) in [5.74, 6) is 0. The minimum absolute atomic E-state index is 0.192. The number of benzene rings is 1. The molecule has 0 saturated heterocycles. The van der Waals surface area contributed by atoms with E-state index in [1.54, 1.807) is 30.3 Å². The molecule has 19 heavy (non-hydrogen) atoms. The van der Waals surface area contributed by atoms with E-state index in [2.05, 4.69) is 4.98 Å². The zero-order valence-corrected chi connectivity index (χ0v) is 10.4. The van der Waals surface area contributed by atoms with E-state index in [1.165, 1.54) is 11.9 Å². The van der Waals surface area contributed by atoms with Crippen LogP contribution < -0.4 is 10.6 Å². The van der Waals surface area contributed by atoms with Crippen LogP contribution >= 0.6 is 0 Å². The third-order valence-electron chi connectivity index (χ3n) is 2.78. The van der Waals surface area contributed by atoms with E-state index in [0.717, 1.165) is 0 Å². The number of rotatable bonds is 3. The van der Waals surface area contributed by atoms with Crippen molar-refractivity contribution in [1.29, 1.82) is 0 Å². The Hall–Kier alpha value is -1.82. The maximum Gasteiger partial charge on any atom is 0.405 e. The van der Waals surface area contributed by atoms with Gasteiger partial charge in [-0.3, -0.25) is 4.98 Å². The summed E-state index contributed by atoms with van der Waals surface area (Å²) in [6.45, 7) is -0.817. The van der Waals surface area contributed by atoms with Gasteiger partial charge in [0.15, 0.2) is 0 Å². The molecule has 0 amide bonds. The molecular formula is C13H14F3N3. The number of hydrogen-bond acceptors (Lipinski definition) is 3. The first kappa shape index (κ1) is 13.6. The van der Waals surface area contributed by atoms with Gasteiger partial charge in [-0.15, -0.1) is 0 Å². The lowest BCUT2D eigenvalue weighted by atomic mass is 10.1. The molecule has 0 atom stereocenters. The number of pyridine rings is 1. The maximum atomic E-state index is 12.5. The average Bonchev–Trinajstić information content (AvgIpc) is 2.35. The maximum absolute atomic E-state index is 12.5. The highest BCUT2D eigenvalue weighted by atomic mass is 19.4. The molecule has 0 bridgehead atoms. The van der Waals surface area contributed by atoms with Crippen LogP contribution in [0.3, 0.4) is 0 Å². The van der Waals surface area contributed by atoms with Gasteiger partial charge in [0.2, 0.25) is 0 Å². The monoisotopic (exact) mass is 269 g/mol. The van der Waals surface area contributed by atoms with Crippen LogP contribution in [0.5, 0.6) is 0 Å². The number of nitrogens with zero attached hydrogens (tertiary/aromatic N) is 2. The van der Waals surface area contributed by atoms with Crippen molar-refractivity contribution in [3.05, 3.63) is 36.0 Å². The van der Waals surface area contributed by atoms with E-state index in [0.29, 0.717) is 22.3 Å². The Morgan fingerprint density at radius 1 is 1.26 bits per heavy atom. The standard InChI is InChI=1S/C13H14F3N3/c1-19(8-13(14,15)16)12-6-9(7-17)18-11-5-3-2-4-10(11)12/h2-6H,7-8,17H2,1H3. The van der Waals surface area contributed by atoms with Gasteiger partial charge in [-0.25, -0.2) is 0 Å². The second-order valence-electron chi connectivity index (χ2n) is 4.33. The van der Waals surface area contributed by atoms with Crippen LogP contribution in [0.15, 0.2) is 30.3 Å². The zero-order chi connectivity index (χ0) is 14.0. The molecular weight excluding hydrogens is 255 g/mol. The van der Waals surface area contributed by atoms with Crippen LogP contribution in [0, 0.1) is 0 Å². The van der Waals surface area contributed by atoms with Crippen molar-refractivity contribution in [3.8, 4) is 0 Å². The minimum Gasteiger partial charge on any atom is -0.365 e. The predicted octanol–water partition coefficient (Wildman–Crippen LogP) is 2.69. The average molecular weight is 269 g/mol. The van der Waals surface area contributed by atoms with Crippen molar-refractivity contribution in [2.24, 2.45) is 5.73 Å². The van der Waals surface area contributed by atoms with E-state index >= 15 is 0 Å². The number of alkyl halides is 3. The van der Waals surface area contributed by atoms with Crippen LogP contribution in [-0.4, -0.2) is 24.8 Å². The van der Waals surface area contributed by atoms with Gasteiger partial charge in [-0.05, 0) is 12.1 Å². The largest absolute Gasteiger partial charge is 0.405 e. The third-order valence-corrected chi connectivity index (χ3v) is 2.78. The molecule has 0 radical (unpaired) electrons. The molecule has 1 aromatic carbocycles. The van der Waals surface area contributed by atoms with Crippen molar-refractivity contribution in [1.82, 2.24) is 4.98 Å². The number of nitrogens with two attached hydrogens (primary N) is 1. The second-order valence-corrected chi connectivity index (χ2v) is 4.33. The summed E-state index contributed by atoms with van der Waals surface area (Å²) in [4.78, 5) is 5.47. The molecule has 0 aliphatic rings. The summed E-state index contributed by atoms with van der Waals surface area (Å²) < 4.78 is 37.5. The van der Waals surface area contributed by atoms with Gasteiger partial charge in [0.1, 0.15) is 6.54 Å². The molecule has 6 heteroatoms. The Labute approximate surface area is 108 Å². The van der Waals surface area contributed by atoms with Crippen molar-refractivity contribution in [2.45, 2.75) is 12.7 Å². The van der Waals surface area contributed by atoms with E-state index in [-0.39, 0.29) is 6.54 Å². The summed E-state index contributed by atoms with van der Waals surface area (Å²) in [5.41, 5.74) is 7.24. The van der Waals surface area contributed by atoms with Crippen molar-refractivity contribution >= 4 is 16.6 Å². The number of halogens is 3. The molecule has 0 aliphatic heterocycles. The van der Waals surface area contributed by atoms with Crippen molar-refractivity contribution in [2.75, 3.05) is 18.5 Å². The van der Waals surface area contributed by atoms with Gasteiger partial charge < -0.3 is 10.6 Å². The molecule has 1 aromatic heterocycles. The predicted molar refractivity (Wildman–Crippen MR) is 69.0 cm³/mol. The number of aromatic nitrogens is 1. The van der Waals surface area contributed by atoms with Crippen LogP contribution in [0.2, 0.25) is 0 Å². The summed E-state index contributed by atoms with van der Waals surface area (Å²) in [5, 5.41) is 0.687. The van der Waals surface area contributed by atoms with E-state index < -0.39 is 12.7 Å². The first-order valence-electron chi connectivity index (χ1n) is 5.77. The quantitative estimate of drug-likeness (QED) is 0.931. The molecule has 0 aliphatic carbocycles. The lowest BCUT2D eigenvalue weighted by Gasteiger charge is -2.23. The smallest absolute Gasteiger partial charge is 0.365 e. The SMILES string of the molecule is CN(CC(F)(F)F)c1cc(CN)nc2ccccc12. The molecule has 0 unspecified atom stereocenters. The number of fused-ring (bicyclic) bond motifs is 1. The van der Waals surface area contributed by atoms with Crippen LogP contribution in [-0.2, 0) is 6.54 Å². The summed E-state index contributed by atoms with van der Waals surface area (Å²) >= 11 is 0. The van der Waals surface area contributed by atoms with Gasteiger partial charge in [-0.1, -0.05) is 18.2 Å². The highest BCUT2D eigenvalue weighted by Crippen LogP contribution is 2.28. The number of para-hydroxylation sites is 1.